The third kappa shape index (κ3) is 2.40. The van der Waals surface area contributed by atoms with E-state index in [1.807, 2.05) is 0 Å². The number of hydrogen-bond donors (Lipinski definition) is 2. The minimum atomic E-state index is -0.984. The molecule has 16 heavy (non-hydrogen) atoms. The lowest BCUT2D eigenvalue weighted by molar-refractivity contribution is -0.124. The summed E-state index contributed by atoms with van der Waals surface area (Å²) in [5.41, 5.74) is 0. The molecular weight excluding hydrogens is 230 g/mol. The number of amides is 1. The van der Waals surface area contributed by atoms with E-state index in [9.17, 15) is 9.59 Å². The van der Waals surface area contributed by atoms with Gasteiger partial charge in [0.25, 0.3) is 5.91 Å². The SMILES string of the molecule is O=C(O)c1ccc(NC(=O)[C@H]2CCCO2)s1. The van der Waals surface area contributed by atoms with Gasteiger partial charge in [0.05, 0.1) is 5.00 Å². The number of rotatable bonds is 3. The van der Waals surface area contributed by atoms with Crippen LogP contribution in [-0.2, 0) is 9.53 Å². The normalized spacial score (nSPS) is 19.6. The molecule has 0 spiro atoms. The van der Waals surface area contributed by atoms with Crippen LogP contribution in [0.3, 0.4) is 0 Å². The molecule has 6 heteroatoms. The van der Waals surface area contributed by atoms with Gasteiger partial charge >= 0.3 is 5.97 Å². The summed E-state index contributed by atoms with van der Waals surface area (Å²) in [6, 6.07) is 3.05. The zero-order valence-electron chi connectivity index (χ0n) is 8.43. The van der Waals surface area contributed by atoms with E-state index >= 15 is 0 Å². The number of thiophene rings is 1. The molecule has 0 unspecified atom stereocenters. The van der Waals surface area contributed by atoms with Gasteiger partial charge < -0.3 is 15.2 Å². The summed E-state index contributed by atoms with van der Waals surface area (Å²) in [5.74, 6) is -1.18. The molecule has 1 aromatic heterocycles. The van der Waals surface area contributed by atoms with E-state index in [0.717, 1.165) is 24.2 Å². The Morgan fingerprint density at radius 3 is 2.88 bits per heavy atom. The van der Waals surface area contributed by atoms with Crippen LogP contribution in [0.15, 0.2) is 12.1 Å². The van der Waals surface area contributed by atoms with Crippen molar-refractivity contribution in [1.82, 2.24) is 0 Å². The van der Waals surface area contributed by atoms with Gasteiger partial charge in [-0.05, 0) is 25.0 Å². The molecule has 1 aromatic rings. The maximum Gasteiger partial charge on any atom is 0.345 e. The Morgan fingerprint density at radius 1 is 1.50 bits per heavy atom. The van der Waals surface area contributed by atoms with E-state index in [1.54, 1.807) is 6.07 Å². The van der Waals surface area contributed by atoms with Crippen molar-refractivity contribution < 1.29 is 19.4 Å². The Hall–Kier alpha value is -1.40. The first-order valence-corrected chi connectivity index (χ1v) is 5.74. The summed E-state index contributed by atoms with van der Waals surface area (Å²) < 4.78 is 5.22. The van der Waals surface area contributed by atoms with Crippen LogP contribution in [0.1, 0.15) is 22.5 Å². The van der Waals surface area contributed by atoms with E-state index in [4.69, 9.17) is 9.84 Å². The van der Waals surface area contributed by atoms with Crippen molar-refractivity contribution in [2.45, 2.75) is 18.9 Å². The fourth-order valence-corrected chi connectivity index (χ4v) is 2.25. The summed E-state index contributed by atoms with van der Waals surface area (Å²) in [4.78, 5) is 22.5. The summed E-state index contributed by atoms with van der Waals surface area (Å²) in [6.07, 6.45) is 1.22. The summed E-state index contributed by atoms with van der Waals surface area (Å²) in [6.45, 7) is 0.614. The second kappa shape index (κ2) is 4.63. The number of ether oxygens (including phenoxy) is 1. The maximum atomic E-state index is 11.6. The van der Waals surface area contributed by atoms with Crippen molar-refractivity contribution in [2.24, 2.45) is 0 Å². The molecular formula is C10H11NO4S. The van der Waals surface area contributed by atoms with Gasteiger partial charge in [-0.3, -0.25) is 4.79 Å². The monoisotopic (exact) mass is 241 g/mol. The van der Waals surface area contributed by atoms with Crippen molar-refractivity contribution in [3.63, 3.8) is 0 Å². The lowest BCUT2D eigenvalue weighted by Gasteiger charge is -2.08. The number of carboxylic acids is 1. The molecule has 5 nitrogen and oxygen atoms in total. The molecule has 1 atom stereocenters. The first kappa shape index (κ1) is 11.1. The Bertz CT molecular complexity index is 409. The van der Waals surface area contributed by atoms with Crippen LogP contribution in [0, 0.1) is 0 Å². The molecule has 2 heterocycles. The standard InChI is InChI=1S/C10H11NO4S/c12-9(6-2-1-5-15-6)11-8-4-3-7(16-8)10(13)14/h3-4,6H,1-2,5H2,(H,11,12)(H,13,14)/t6-/m1/s1. The number of carbonyl (C=O) groups is 2. The number of nitrogens with one attached hydrogen (secondary N) is 1. The minimum Gasteiger partial charge on any atom is -0.477 e. The van der Waals surface area contributed by atoms with Gasteiger partial charge in [-0.15, -0.1) is 11.3 Å². The lowest BCUT2D eigenvalue weighted by Crippen LogP contribution is -2.26. The second-order valence-electron chi connectivity index (χ2n) is 3.46. The molecule has 86 valence electrons. The van der Waals surface area contributed by atoms with Crippen LogP contribution in [-0.4, -0.2) is 29.7 Å². The van der Waals surface area contributed by atoms with E-state index in [1.165, 1.54) is 6.07 Å². The molecule has 1 amide bonds. The van der Waals surface area contributed by atoms with Gasteiger partial charge in [-0.2, -0.15) is 0 Å². The average molecular weight is 241 g/mol. The summed E-state index contributed by atoms with van der Waals surface area (Å²) >= 11 is 1.04. The van der Waals surface area contributed by atoms with E-state index in [2.05, 4.69) is 5.32 Å². The van der Waals surface area contributed by atoms with Crippen LogP contribution >= 0.6 is 11.3 Å². The van der Waals surface area contributed by atoms with Crippen molar-refractivity contribution in [3.8, 4) is 0 Å². The highest BCUT2D eigenvalue weighted by molar-refractivity contribution is 7.18. The van der Waals surface area contributed by atoms with Crippen LogP contribution in [0.4, 0.5) is 5.00 Å². The number of anilines is 1. The molecule has 0 bridgehead atoms. The van der Waals surface area contributed by atoms with Crippen LogP contribution in [0.5, 0.6) is 0 Å². The number of carbonyl (C=O) groups excluding carboxylic acids is 1. The summed E-state index contributed by atoms with van der Waals surface area (Å²) in [5, 5.41) is 11.9. The molecule has 0 aliphatic carbocycles. The average Bonchev–Trinajstić information content (AvgIpc) is 2.87. The Labute approximate surface area is 96.0 Å². The molecule has 1 aliphatic rings. The molecule has 1 fully saturated rings. The van der Waals surface area contributed by atoms with Crippen LogP contribution < -0.4 is 5.32 Å². The summed E-state index contributed by atoms with van der Waals surface area (Å²) in [7, 11) is 0. The number of aromatic carboxylic acids is 1. The number of hydrogen-bond acceptors (Lipinski definition) is 4. The zero-order chi connectivity index (χ0) is 11.5. The predicted octanol–water partition coefficient (Wildman–Crippen LogP) is 1.56. The van der Waals surface area contributed by atoms with Crippen molar-refractivity contribution >= 4 is 28.2 Å². The molecule has 0 aromatic carbocycles. The highest BCUT2D eigenvalue weighted by atomic mass is 32.1. The largest absolute Gasteiger partial charge is 0.477 e. The second-order valence-corrected chi connectivity index (χ2v) is 4.54. The Balaban J connectivity index is 1.97. The molecule has 2 N–H and O–H groups in total. The smallest absolute Gasteiger partial charge is 0.345 e. The molecule has 1 saturated heterocycles. The fraction of sp³-hybridized carbons (Fsp3) is 0.400. The van der Waals surface area contributed by atoms with Crippen molar-refractivity contribution in [3.05, 3.63) is 17.0 Å². The van der Waals surface area contributed by atoms with E-state index in [0.29, 0.717) is 11.6 Å². The van der Waals surface area contributed by atoms with Crippen molar-refractivity contribution in [1.29, 1.82) is 0 Å². The van der Waals surface area contributed by atoms with Gasteiger partial charge in [-0.25, -0.2) is 4.79 Å². The third-order valence-corrected chi connectivity index (χ3v) is 3.27. The minimum absolute atomic E-state index is 0.198. The van der Waals surface area contributed by atoms with Crippen LogP contribution in [0.25, 0.3) is 0 Å². The first-order chi connectivity index (χ1) is 7.66. The maximum absolute atomic E-state index is 11.6. The quantitative estimate of drug-likeness (QED) is 0.842. The predicted molar refractivity (Wildman–Crippen MR) is 58.9 cm³/mol. The highest BCUT2D eigenvalue weighted by Crippen LogP contribution is 2.23. The number of carboxylic acid groups (broad SMARTS) is 1. The topological polar surface area (TPSA) is 75.6 Å². The van der Waals surface area contributed by atoms with Crippen molar-refractivity contribution in [2.75, 3.05) is 11.9 Å². The lowest BCUT2D eigenvalue weighted by atomic mass is 10.2. The van der Waals surface area contributed by atoms with Gasteiger partial charge in [0, 0.05) is 6.61 Å². The van der Waals surface area contributed by atoms with Gasteiger partial charge in [0.2, 0.25) is 0 Å². The first-order valence-electron chi connectivity index (χ1n) is 4.92. The highest BCUT2D eigenvalue weighted by Gasteiger charge is 2.24. The third-order valence-electron chi connectivity index (χ3n) is 2.29. The van der Waals surface area contributed by atoms with Gasteiger partial charge in [-0.1, -0.05) is 0 Å². The Morgan fingerprint density at radius 2 is 2.31 bits per heavy atom. The van der Waals surface area contributed by atoms with Gasteiger partial charge in [0.15, 0.2) is 0 Å². The van der Waals surface area contributed by atoms with Crippen LogP contribution in [0.2, 0.25) is 0 Å². The molecule has 0 saturated carbocycles. The Kier molecular flexibility index (Phi) is 3.21. The molecule has 0 radical (unpaired) electrons. The molecule has 1 aliphatic heterocycles. The van der Waals surface area contributed by atoms with E-state index in [-0.39, 0.29) is 10.8 Å². The fourth-order valence-electron chi connectivity index (χ4n) is 1.51. The molecule has 2 rings (SSSR count). The van der Waals surface area contributed by atoms with Gasteiger partial charge in [0.1, 0.15) is 11.0 Å². The van der Waals surface area contributed by atoms with E-state index < -0.39 is 12.1 Å². The zero-order valence-corrected chi connectivity index (χ0v) is 9.25.